The molecule has 1 aromatic rings. The van der Waals surface area contributed by atoms with E-state index < -0.39 is 10.0 Å². The Hall–Kier alpha value is -0.630. The summed E-state index contributed by atoms with van der Waals surface area (Å²) in [5.41, 5.74) is 0. The number of aromatic nitrogens is 2. The molecule has 19 heavy (non-hydrogen) atoms. The number of nitrogens with zero attached hydrogens (tertiary/aromatic N) is 2. The van der Waals surface area contributed by atoms with Crippen molar-refractivity contribution in [2.24, 2.45) is 0 Å². The maximum absolute atomic E-state index is 12.3. The normalized spacial score (nSPS) is 12.2. The molecule has 110 valence electrons. The molecule has 0 fully saturated rings. The second kappa shape index (κ2) is 7.84. The molecule has 0 spiro atoms. The molecule has 1 rings (SSSR count). The van der Waals surface area contributed by atoms with Crippen LogP contribution >= 0.6 is 11.6 Å². The van der Waals surface area contributed by atoms with Crippen LogP contribution in [0.2, 0.25) is 0 Å². The second-order valence-electron chi connectivity index (χ2n) is 3.85. The molecule has 0 unspecified atom stereocenters. The highest BCUT2D eigenvalue weighted by Crippen LogP contribution is 2.13. The zero-order valence-corrected chi connectivity index (χ0v) is 12.8. The summed E-state index contributed by atoms with van der Waals surface area (Å²) in [4.78, 5) is 6.83. The Balaban J connectivity index is 2.72. The number of nitrogens with one attached hydrogen (secondary N) is 1. The van der Waals surface area contributed by atoms with Gasteiger partial charge in [0.1, 0.15) is 5.82 Å². The number of H-pyrrole nitrogens is 1. The topological polar surface area (TPSA) is 75.3 Å². The van der Waals surface area contributed by atoms with Crippen molar-refractivity contribution in [1.29, 1.82) is 0 Å². The number of aromatic amines is 1. The van der Waals surface area contributed by atoms with Gasteiger partial charge < -0.3 is 9.72 Å². The van der Waals surface area contributed by atoms with Crippen LogP contribution in [0.25, 0.3) is 0 Å². The third kappa shape index (κ3) is 4.45. The fourth-order valence-electron chi connectivity index (χ4n) is 1.56. The highest BCUT2D eigenvalue weighted by Gasteiger charge is 2.24. The van der Waals surface area contributed by atoms with Gasteiger partial charge in [-0.2, -0.15) is 4.31 Å². The molecule has 0 atom stereocenters. The summed E-state index contributed by atoms with van der Waals surface area (Å²) in [5, 5.41) is 0.128. The highest BCUT2D eigenvalue weighted by atomic mass is 35.5. The van der Waals surface area contributed by atoms with Gasteiger partial charge in [0.15, 0.2) is 5.03 Å². The number of aryl methyl sites for hydroxylation is 1. The van der Waals surface area contributed by atoms with Crippen LogP contribution in [0.15, 0.2) is 11.2 Å². The number of sulfonamides is 1. The van der Waals surface area contributed by atoms with Gasteiger partial charge in [-0.15, -0.1) is 11.6 Å². The average Bonchev–Trinajstić information content (AvgIpc) is 2.88. The van der Waals surface area contributed by atoms with Gasteiger partial charge >= 0.3 is 0 Å². The quantitative estimate of drug-likeness (QED) is 0.550. The first-order valence-electron chi connectivity index (χ1n) is 6.24. The minimum atomic E-state index is -3.53. The minimum absolute atomic E-state index is 0.128. The monoisotopic (exact) mass is 309 g/mol. The number of hydrogen-bond donors (Lipinski definition) is 1. The van der Waals surface area contributed by atoms with Crippen LogP contribution in [-0.4, -0.2) is 54.9 Å². The van der Waals surface area contributed by atoms with Crippen molar-refractivity contribution >= 4 is 21.6 Å². The zero-order chi connectivity index (χ0) is 14.3. The van der Waals surface area contributed by atoms with Gasteiger partial charge in [-0.05, 0) is 0 Å². The van der Waals surface area contributed by atoms with Gasteiger partial charge in [0.2, 0.25) is 0 Å². The molecule has 0 aliphatic rings. The largest absolute Gasteiger partial charge is 0.379 e. The van der Waals surface area contributed by atoms with E-state index in [0.717, 1.165) is 0 Å². The van der Waals surface area contributed by atoms with Crippen LogP contribution < -0.4 is 0 Å². The van der Waals surface area contributed by atoms with Gasteiger partial charge in [0.25, 0.3) is 10.0 Å². The third-order valence-corrected chi connectivity index (χ3v) is 4.66. The van der Waals surface area contributed by atoms with E-state index >= 15 is 0 Å². The lowest BCUT2D eigenvalue weighted by molar-refractivity contribution is 0.137. The zero-order valence-electron chi connectivity index (χ0n) is 11.2. The molecular formula is C11H20ClN3O3S. The Labute approximate surface area is 119 Å². The number of hydrogen-bond acceptors (Lipinski definition) is 4. The first-order valence-corrected chi connectivity index (χ1v) is 8.21. The van der Waals surface area contributed by atoms with E-state index in [2.05, 4.69) is 9.97 Å². The third-order valence-electron chi connectivity index (χ3n) is 2.62. The number of halogens is 1. The highest BCUT2D eigenvalue weighted by molar-refractivity contribution is 7.89. The van der Waals surface area contributed by atoms with E-state index in [1.54, 1.807) is 6.92 Å². The number of imidazole rings is 1. The van der Waals surface area contributed by atoms with Crippen molar-refractivity contribution in [3.05, 3.63) is 12.0 Å². The number of ether oxygens (including phenoxy) is 1. The molecule has 0 saturated carbocycles. The Morgan fingerprint density at radius 2 is 2.16 bits per heavy atom. The fraction of sp³-hybridized carbons (Fsp3) is 0.727. The molecule has 0 aromatic carbocycles. The van der Waals surface area contributed by atoms with Gasteiger partial charge in [0, 0.05) is 25.4 Å². The van der Waals surface area contributed by atoms with Crippen molar-refractivity contribution < 1.29 is 13.2 Å². The molecule has 0 aliphatic carbocycles. The lowest BCUT2D eigenvalue weighted by Gasteiger charge is -2.19. The van der Waals surface area contributed by atoms with Crippen LogP contribution in [-0.2, 0) is 21.2 Å². The van der Waals surface area contributed by atoms with Crippen molar-refractivity contribution in [2.75, 3.05) is 32.2 Å². The Kier molecular flexibility index (Phi) is 6.78. The van der Waals surface area contributed by atoms with Crippen LogP contribution in [0, 0.1) is 0 Å². The first-order chi connectivity index (χ1) is 9.06. The molecule has 1 heterocycles. The summed E-state index contributed by atoms with van der Waals surface area (Å²) in [6.45, 7) is 5.13. The average molecular weight is 310 g/mol. The molecule has 0 aliphatic heterocycles. The van der Waals surface area contributed by atoms with E-state index in [4.69, 9.17) is 16.3 Å². The standard InChI is InChI=1S/C11H20ClN3O3S/c1-3-10-13-9-11(14-10)19(16,17)15(4-2)6-8-18-7-5-12/h9H,3-8H2,1-2H3,(H,13,14). The van der Waals surface area contributed by atoms with Crippen LogP contribution in [0.5, 0.6) is 0 Å². The van der Waals surface area contributed by atoms with Gasteiger partial charge in [-0.25, -0.2) is 13.4 Å². The number of alkyl halides is 1. The molecule has 0 amide bonds. The maximum Gasteiger partial charge on any atom is 0.260 e. The molecule has 1 N–H and O–H groups in total. The van der Waals surface area contributed by atoms with Crippen LogP contribution in [0.4, 0.5) is 0 Å². The Morgan fingerprint density at radius 3 is 2.68 bits per heavy atom. The summed E-state index contributed by atoms with van der Waals surface area (Å²) < 4.78 is 31.2. The van der Waals surface area contributed by atoms with Crippen LogP contribution in [0.3, 0.4) is 0 Å². The Morgan fingerprint density at radius 1 is 1.42 bits per heavy atom. The van der Waals surface area contributed by atoms with E-state index in [1.807, 2.05) is 6.92 Å². The first kappa shape index (κ1) is 16.4. The van der Waals surface area contributed by atoms with Crippen LogP contribution in [0.1, 0.15) is 19.7 Å². The number of rotatable bonds is 9. The SMILES string of the molecule is CCc1ncc(S(=O)(=O)N(CC)CCOCCCl)[nH]1. The van der Waals surface area contributed by atoms with Gasteiger partial charge in [-0.1, -0.05) is 13.8 Å². The van der Waals surface area contributed by atoms with E-state index in [0.29, 0.717) is 44.4 Å². The lowest BCUT2D eigenvalue weighted by Crippen LogP contribution is -2.34. The van der Waals surface area contributed by atoms with E-state index in [1.165, 1.54) is 10.5 Å². The van der Waals surface area contributed by atoms with Crippen molar-refractivity contribution in [3.8, 4) is 0 Å². The van der Waals surface area contributed by atoms with Gasteiger partial charge in [-0.3, -0.25) is 0 Å². The fourth-order valence-corrected chi connectivity index (χ4v) is 3.04. The summed E-state index contributed by atoms with van der Waals surface area (Å²) in [5.74, 6) is 1.06. The molecule has 0 saturated heterocycles. The Bertz CT molecular complexity index is 475. The molecule has 6 nitrogen and oxygen atoms in total. The smallest absolute Gasteiger partial charge is 0.260 e. The van der Waals surface area contributed by atoms with Crippen molar-refractivity contribution in [3.63, 3.8) is 0 Å². The molecule has 0 bridgehead atoms. The van der Waals surface area contributed by atoms with E-state index in [-0.39, 0.29) is 5.03 Å². The van der Waals surface area contributed by atoms with Crippen molar-refractivity contribution in [2.45, 2.75) is 25.3 Å². The summed E-state index contributed by atoms with van der Waals surface area (Å²) in [7, 11) is -3.53. The number of likely N-dealkylation sites (N-methyl/N-ethyl adjacent to an activating group) is 1. The molecular weight excluding hydrogens is 290 g/mol. The van der Waals surface area contributed by atoms with E-state index in [9.17, 15) is 8.42 Å². The summed E-state index contributed by atoms with van der Waals surface area (Å²) in [6, 6.07) is 0. The maximum atomic E-state index is 12.3. The lowest BCUT2D eigenvalue weighted by atomic mass is 10.5. The summed E-state index contributed by atoms with van der Waals surface area (Å²) >= 11 is 5.49. The molecule has 0 radical (unpaired) electrons. The molecule has 8 heteroatoms. The van der Waals surface area contributed by atoms with Gasteiger partial charge in [0.05, 0.1) is 19.4 Å². The summed E-state index contributed by atoms with van der Waals surface area (Å²) in [6.07, 6.45) is 2.02. The predicted molar refractivity (Wildman–Crippen MR) is 73.9 cm³/mol. The predicted octanol–water partition coefficient (Wildman–Crippen LogP) is 1.24. The minimum Gasteiger partial charge on any atom is -0.379 e. The second-order valence-corrected chi connectivity index (χ2v) is 6.13. The molecule has 1 aromatic heterocycles. The van der Waals surface area contributed by atoms with Crippen molar-refractivity contribution in [1.82, 2.24) is 14.3 Å².